The maximum atomic E-state index is 11.0. The van der Waals surface area contributed by atoms with Crippen LogP contribution >= 0.6 is 0 Å². The molecule has 1 aliphatic rings. The molecule has 1 saturated carbocycles. The molecular weight excluding hydrogens is 190 g/mol. The van der Waals surface area contributed by atoms with E-state index in [1.54, 1.807) is 0 Å². The lowest BCUT2D eigenvalue weighted by Crippen LogP contribution is -2.44. The Labute approximate surface area is 81.0 Å². The van der Waals surface area contributed by atoms with Gasteiger partial charge < -0.3 is 9.94 Å². The molecule has 6 heteroatoms. The molecule has 2 atom stereocenters. The fourth-order valence-electron chi connectivity index (χ4n) is 1.82. The van der Waals surface area contributed by atoms with E-state index in [0.29, 0.717) is 12.8 Å². The second kappa shape index (κ2) is 3.81. The third-order valence-electron chi connectivity index (χ3n) is 2.82. The van der Waals surface area contributed by atoms with Crippen molar-refractivity contribution in [2.24, 2.45) is 5.41 Å². The van der Waals surface area contributed by atoms with Gasteiger partial charge in [-0.05, 0) is 19.8 Å². The summed E-state index contributed by atoms with van der Waals surface area (Å²) in [5, 5.41) is 18.2. The van der Waals surface area contributed by atoms with Crippen molar-refractivity contribution in [1.82, 2.24) is 0 Å². The van der Waals surface area contributed by atoms with Gasteiger partial charge in [-0.1, -0.05) is 12.8 Å². The second-order valence-corrected chi connectivity index (χ2v) is 3.79. The minimum atomic E-state index is -1.12. The average molecular weight is 203 g/mol. The van der Waals surface area contributed by atoms with E-state index in [2.05, 4.69) is 4.84 Å². The number of aliphatic carboxylic acids is 1. The van der Waals surface area contributed by atoms with E-state index in [1.807, 2.05) is 0 Å². The third-order valence-corrected chi connectivity index (χ3v) is 2.82. The van der Waals surface area contributed by atoms with E-state index < -0.39 is 22.6 Å². The summed E-state index contributed by atoms with van der Waals surface area (Å²) in [5.41, 5.74) is -1.12. The summed E-state index contributed by atoms with van der Waals surface area (Å²) in [5.74, 6) is -1.02. The molecule has 2 unspecified atom stereocenters. The largest absolute Gasteiger partial charge is 0.481 e. The standard InChI is InChI=1S/C8H13NO5/c1-8(7(10)11)5-3-2-4-6(8)14-9(12)13/h6H,2-5H2,1H3,(H,10,11). The molecule has 1 aliphatic carbocycles. The van der Waals surface area contributed by atoms with Crippen molar-refractivity contribution >= 4 is 5.97 Å². The molecule has 14 heavy (non-hydrogen) atoms. The zero-order valence-corrected chi connectivity index (χ0v) is 7.93. The fourth-order valence-corrected chi connectivity index (χ4v) is 1.82. The Balaban J connectivity index is 2.77. The summed E-state index contributed by atoms with van der Waals surface area (Å²) in [6.07, 6.45) is 1.61. The number of carbonyl (C=O) groups is 1. The SMILES string of the molecule is CC1(C(=O)O)CCCCC1O[N+](=O)[O-]. The maximum absolute atomic E-state index is 11.0. The summed E-state index contributed by atoms with van der Waals surface area (Å²) >= 11 is 0. The highest BCUT2D eigenvalue weighted by atomic mass is 17.0. The number of carboxylic acids is 1. The lowest BCUT2D eigenvalue weighted by atomic mass is 9.73. The van der Waals surface area contributed by atoms with E-state index in [9.17, 15) is 14.9 Å². The highest BCUT2D eigenvalue weighted by Crippen LogP contribution is 2.38. The topological polar surface area (TPSA) is 89.7 Å². The van der Waals surface area contributed by atoms with Crippen molar-refractivity contribution in [3.05, 3.63) is 10.1 Å². The molecule has 0 heterocycles. The maximum Gasteiger partial charge on any atom is 0.311 e. The van der Waals surface area contributed by atoms with Gasteiger partial charge in [-0.15, -0.1) is 10.1 Å². The van der Waals surface area contributed by atoms with E-state index in [1.165, 1.54) is 6.92 Å². The van der Waals surface area contributed by atoms with Gasteiger partial charge in [0.25, 0.3) is 5.09 Å². The van der Waals surface area contributed by atoms with Crippen LogP contribution < -0.4 is 0 Å². The van der Waals surface area contributed by atoms with Crippen LogP contribution in [-0.4, -0.2) is 22.3 Å². The first-order valence-corrected chi connectivity index (χ1v) is 4.51. The Kier molecular flexibility index (Phi) is 2.93. The van der Waals surface area contributed by atoms with Crippen LogP contribution in [0.4, 0.5) is 0 Å². The highest BCUT2D eigenvalue weighted by molar-refractivity contribution is 5.75. The Morgan fingerprint density at radius 1 is 1.64 bits per heavy atom. The average Bonchev–Trinajstić information content (AvgIpc) is 2.08. The van der Waals surface area contributed by atoms with Crippen molar-refractivity contribution in [2.45, 2.75) is 38.7 Å². The third kappa shape index (κ3) is 1.94. The smallest absolute Gasteiger partial charge is 0.311 e. The Morgan fingerprint density at radius 2 is 2.29 bits per heavy atom. The summed E-state index contributed by atoms with van der Waals surface area (Å²) in [6, 6.07) is 0. The Bertz CT molecular complexity index is 254. The molecule has 1 N–H and O–H groups in total. The second-order valence-electron chi connectivity index (χ2n) is 3.79. The van der Waals surface area contributed by atoms with Crippen LogP contribution in [0.25, 0.3) is 0 Å². The molecule has 1 rings (SSSR count). The van der Waals surface area contributed by atoms with Crippen molar-refractivity contribution in [3.63, 3.8) is 0 Å². The van der Waals surface area contributed by atoms with Gasteiger partial charge in [0, 0.05) is 0 Å². The summed E-state index contributed by atoms with van der Waals surface area (Å²) in [4.78, 5) is 25.5. The Hall–Kier alpha value is -1.33. The lowest BCUT2D eigenvalue weighted by Gasteiger charge is -2.35. The van der Waals surface area contributed by atoms with Crippen LogP contribution in [0.3, 0.4) is 0 Å². The van der Waals surface area contributed by atoms with Crippen LogP contribution in [0, 0.1) is 15.5 Å². The van der Waals surface area contributed by atoms with Crippen LogP contribution in [0.15, 0.2) is 0 Å². The minimum Gasteiger partial charge on any atom is -0.481 e. The fraction of sp³-hybridized carbons (Fsp3) is 0.875. The molecule has 0 aromatic heterocycles. The molecule has 0 spiro atoms. The van der Waals surface area contributed by atoms with Gasteiger partial charge in [-0.3, -0.25) is 4.79 Å². The lowest BCUT2D eigenvalue weighted by molar-refractivity contribution is -0.772. The van der Waals surface area contributed by atoms with Gasteiger partial charge in [0.1, 0.15) is 6.10 Å². The molecule has 0 aliphatic heterocycles. The number of hydrogen-bond acceptors (Lipinski definition) is 4. The number of hydrogen-bond donors (Lipinski definition) is 1. The van der Waals surface area contributed by atoms with E-state index >= 15 is 0 Å². The van der Waals surface area contributed by atoms with Gasteiger partial charge >= 0.3 is 5.97 Å². The zero-order valence-electron chi connectivity index (χ0n) is 7.93. The van der Waals surface area contributed by atoms with Crippen LogP contribution in [0.2, 0.25) is 0 Å². The van der Waals surface area contributed by atoms with E-state index in [-0.39, 0.29) is 0 Å². The Morgan fingerprint density at radius 3 is 2.79 bits per heavy atom. The van der Waals surface area contributed by atoms with Crippen molar-refractivity contribution < 1.29 is 19.8 Å². The molecular formula is C8H13NO5. The van der Waals surface area contributed by atoms with Gasteiger partial charge in [-0.25, -0.2) is 0 Å². The molecule has 0 saturated heterocycles. The molecule has 80 valence electrons. The van der Waals surface area contributed by atoms with Crippen molar-refractivity contribution in [1.29, 1.82) is 0 Å². The monoisotopic (exact) mass is 203 g/mol. The molecule has 0 amide bonds. The summed E-state index contributed by atoms with van der Waals surface area (Å²) in [7, 11) is 0. The highest BCUT2D eigenvalue weighted by Gasteiger charge is 2.45. The number of rotatable bonds is 3. The molecule has 0 aromatic carbocycles. The normalized spacial score (nSPS) is 32.2. The minimum absolute atomic E-state index is 0.431. The summed E-state index contributed by atoms with van der Waals surface area (Å²) < 4.78 is 0. The van der Waals surface area contributed by atoms with Gasteiger partial charge in [0.15, 0.2) is 0 Å². The molecule has 6 nitrogen and oxygen atoms in total. The van der Waals surface area contributed by atoms with Gasteiger partial charge in [-0.2, -0.15) is 0 Å². The number of nitrogens with zero attached hydrogens (tertiary/aromatic N) is 1. The van der Waals surface area contributed by atoms with Crippen molar-refractivity contribution in [2.75, 3.05) is 0 Å². The van der Waals surface area contributed by atoms with Gasteiger partial charge in [0.2, 0.25) is 0 Å². The quantitative estimate of drug-likeness (QED) is 0.550. The van der Waals surface area contributed by atoms with E-state index in [4.69, 9.17) is 5.11 Å². The summed E-state index contributed by atoms with van der Waals surface area (Å²) in [6.45, 7) is 1.50. The van der Waals surface area contributed by atoms with E-state index in [0.717, 1.165) is 12.8 Å². The van der Waals surface area contributed by atoms with Crippen LogP contribution in [0.1, 0.15) is 32.6 Å². The molecule has 0 bridgehead atoms. The predicted molar refractivity (Wildman–Crippen MR) is 46.1 cm³/mol. The van der Waals surface area contributed by atoms with Crippen LogP contribution in [-0.2, 0) is 9.63 Å². The predicted octanol–water partition coefficient (Wildman–Crippen LogP) is 1.23. The molecule has 1 fully saturated rings. The van der Waals surface area contributed by atoms with Crippen molar-refractivity contribution in [3.8, 4) is 0 Å². The number of carboxylic acid groups (broad SMARTS) is 1. The van der Waals surface area contributed by atoms with Gasteiger partial charge in [0.05, 0.1) is 5.41 Å². The molecule has 0 radical (unpaired) electrons. The first kappa shape index (κ1) is 10.7. The molecule has 0 aromatic rings. The van der Waals surface area contributed by atoms with Crippen LogP contribution in [0.5, 0.6) is 0 Å². The first-order chi connectivity index (χ1) is 6.47. The zero-order chi connectivity index (χ0) is 10.8. The first-order valence-electron chi connectivity index (χ1n) is 4.51.